The van der Waals surface area contributed by atoms with E-state index < -0.39 is 0 Å². The number of hydrogen-bond acceptors (Lipinski definition) is 3. The zero-order valence-corrected chi connectivity index (χ0v) is 11.8. The number of nitrogens with one attached hydrogen (secondary N) is 1. The van der Waals surface area contributed by atoms with Crippen molar-refractivity contribution >= 4 is 0 Å². The van der Waals surface area contributed by atoms with Gasteiger partial charge in [0.05, 0.1) is 0 Å². The predicted octanol–water partition coefficient (Wildman–Crippen LogP) is 1.54. The Hall–Kier alpha value is -0.120. The SMILES string of the molecule is CCN1CCCC1CN1CCC(NC(C)C)C1. The fraction of sp³-hybridized carbons (Fsp3) is 1.00. The molecule has 0 bridgehead atoms. The lowest BCUT2D eigenvalue weighted by atomic mass is 10.2. The highest BCUT2D eigenvalue weighted by atomic mass is 15.3. The van der Waals surface area contributed by atoms with E-state index in [9.17, 15) is 0 Å². The maximum absolute atomic E-state index is 3.67. The number of likely N-dealkylation sites (N-methyl/N-ethyl adjacent to an activating group) is 1. The van der Waals surface area contributed by atoms with Crippen molar-refractivity contribution < 1.29 is 0 Å². The Bertz CT molecular complexity index is 230. The van der Waals surface area contributed by atoms with Crippen molar-refractivity contribution in [3.8, 4) is 0 Å². The van der Waals surface area contributed by atoms with Crippen molar-refractivity contribution in [2.75, 3.05) is 32.7 Å². The lowest BCUT2D eigenvalue weighted by Gasteiger charge is -2.27. The third-order valence-corrected chi connectivity index (χ3v) is 4.22. The van der Waals surface area contributed by atoms with Crippen LogP contribution in [0.25, 0.3) is 0 Å². The quantitative estimate of drug-likeness (QED) is 0.785. The fourth-order valence-electron chi connectivity index (χ4n) is 3.42. The van der Waals surface area contributed by atoms with Crippen LogP contribution in [0, 0.1) is 0 Å². The molecule has 0 aromatic carbocycles. The average molecular weight is 239 g/mol. The molecule has 2 rings (SSSR count). The summed E-state index contributed by atoms with van der Waals surface area (Å²) in [6, 6.07) is 2.18. The summed E-state index contributed by atoms with van der Waals surface area (Å²) in [5, 5.41) is 3.67. The lowest BCUT2D eigenvalue weighted by molar-refractivity contribution is 0.196. The van der Waals surface area contributed by atoms with Crippen molar-refractivity contribution in [2.24, 2.45) is 0 Å². The summed E-state index contributed by atoms with van der Waals surface area (Å²) < 4.78 is 0. The highest BCUT2D eigenvalue weighted by Gasteiger charge is 2.29. The van der Waals surface area contributed by atoms with E-state index in [1.807, 2.05) is 0 Å². The van der Waals surface area contributed by atoms with E-state index in [0.717, 1.165) is 12.1 Å². The van der Waals surface area contributed by atoms with Crippen molar-refractivity contribution in [1.29, 1.82) is 0 Å². The van der Waals surface area contributed by atoms with Crippen LogP contribution >= 0.6 is 0 Å². The zero-order valence-electron chi connectivity index (χ0n) is 11.8. The van der Waals surface area contributed by atoms with Crippen LogP contribution in [0.15, 0.2) is 0 Å². The molecule has 2 aliphatic rings. The largest absolute Gasteiger partial charge is 0.310 e. The molecule has 0 aromatic rings. The molecule has 3 nitrogen and oxygen atoms in total. The molecule has 3 heteroatoms. The first-order chi connectivity index (χ1) is 8.19. The molecule has 0 aromatic heterocycles. The van der Waals surface area contributed by atoms with Crippen LogP contribution in [-0.2, 0) is 0 Å². The number of likely N-dealkylation sites (tertiary alicyclic amines) is 2. The van der Waals surface area contributed by atoms with Crippen molar-refractivity contribution in [1.82, 2.24) is 15.1 Å². The van der Waals surface area contributed by atoms with Gasteiger partial charge in [0.1, 0.15) is 0 Å². The standard InChI is InChI=1S/C14H29N3/c1-4-17-8-5-6-14(17)11-16-9-7-13(10-16)15-12(2)3/h12-15H,4-11H2,1-3H3. The van der Waals surface area contributed by atoms with Crippen molar-refractivity contribution in [3.05, 3.63) is 0 Å². The van der Waals surface area contributed by atoms with Crippen LogP contribution < -0.4 is 5.32 Å². The Morgan fingerprint density at radius 1 is 1.24 bits per heavy atom. The molecule has 0 aliphatic carbocycles. The van der Waals surface area contributed by atoms with Crippen LogP contribution in [0.5, 0.6) is 0 Å². The summed E-state index contributed by atoms with van der Waals surface area (Å²) in [4.78, 5) is 5.32. The van der Waals surface area contributed by atoms with Crippen LogP contribution in [0.3, 0.4) is 0 Å². The molecular formula is C14H29N3. The topological polar surface area (TPSA) is 18.5 Å². The van der Waals surface area contributed by atoms with Gasteiger partial charge in [0, 0.05) is 31.2 Å². The molecule has 1 N–H and O–H groups in total. The Labute approximate surface area is 107 Å². The van der Waals surface area contributed by atoms with Gasteiger partial charge in [-0.3, -0.25) is 4.90 Å². The van der Waals surface area contributed by atoms with Gasteiger partial charge in [-0.15, -0.1) is 0 Å². The molecule has 2 saturated heterocycles. The Balaban J connectivity index is 1.73. The number of rotatable bonds is 5. The minimum Gasteiger partial charge on any atom is -0.310 e. The van der Waals surface area contributed by atoms with E-state index in [2.05, 4.69) is 35.9 Å². The zero-order chi connectivity index (χ0) is 12.3. The van der Waals surface area contributed by atoms with Gasteiger partial charge in [0.25, 0.3) is 0 Å². The Morgan fingerprint density at radius 2 is 2.06 bits per heavy atom. The maximum Gasteiger partial charge on any atom is 0.0223 e. The second-order valence-electron chi connectivity index (χ2n) is 5.99. The first-order valence-electron chi connectivity index (χ1n) is 7.41. The third-order valence-electron chi connectivity index (χ3n) is 4.22. The lowest BCUT2D eigenvalue weighted by Crippen LogP contribution is -2.41. The number of nitrogens with zero attached hydrogens (tertiary/aromatic N) is 2. The molecule has 17 heavy (non-hydrogen) atoms. The monoisotopic (exact) mass is 239 g/mol. The summed E-state index contributed by atoms with van der Waals surface area (Å²) in [5.41, 5.74) is 0. The van der Waals surface area contributed by atoms with Crippen LogP contribution in [-0.4, -0.2) is 60.6 Å². The molecular weight excluding hydrogens is 210 g/mol. The van der Waals surface area contributed by atoms with Gasteiger partial charge in [-0.1, -0.05) is 20.8 Å². The Kier molecular flexibility index (Phi) is 4.83. The fourth-order valence-corrected chi connectivity index (χ4v) is 3.42. The average Bonchev–Trinajstić information content (AvgIpc) is 2.87. The number of hydrogen-bond donors (Lipinski definition) is 1. The van der Waals surface area contributed by atoms with Crippen LogP contribution in [0.1, 0.15) is 40.0 Å². The summed E-state index contributed by atoms with van der Waals surface area (Å²) in [5.74, 6) is 0. The second-order valence-corrected chi connectivity index (χ2v) is 5.99. The van der Waals surface area contributed by atoms with E-state index in [1.165, 1.54) is 52.0 Å². The molecule has 2 unspecified atom stereocenters. The highest BCUT2D eigenvalue weighted by Crippen LogP contribution is 2.20. The summed E-state index contributed by atoms with van der Waals surface area (Å²) in [7, 11) is 0. The molecule has 0 amide bonds. The van der Waals surface area contributed by atoms with Gasteiger partial charge in [0.2, 0.25) is 0 Å². The normalized spacial score (nSPS) is 31.8. The van der Waals surface area contributed by atoms with Crippen LogP contribution in [0.4, 0.5) is 0 Å². The van der Waals surface area contributed by atoms with Gasteiger partial charge >= 0.3 is 0 Å². The van der Waals surface area contributed by atoms with Gasteiger partial charge < -0.3 is 10.2 Å². The molecule has 0 spiro atoms. The highest BCUT2D eigenvalue weighted by molar-refractivity contribution is 4.87. The van der Waals surface area contributed by atoms with Gasteiger partial charge in [0.15, 0.2) is 0 Å². The maximum atomic E-state index is 3.67. The minimum absolute atomic E-state index is 0.624. The molecule has 2 fully saturated rings. The first kappa shape index (κ1) is 13.3. The smallest absolute Gasteiger partial charge is 0.0223 e. The predicted molar refractivity (Wildman–Crippen MR) is 73.4 cm³/mol. The van der Waals surface area contributed by atoms with Gasteiger partial charge in [-0.05, 0) is 38.9 Å². The summed E-state index contributed by atoms with van der Waals surface area (Å²) >= 11 is 0. The molecule has 2 heterocycles. The molecule has 2 aliphatic heterocycles. The molecule has 0 saturated carbocycles. The second kappa shape index (κ2) is 6.17. The van der Waals surface area contributed by atoms with E-state index >= 15 is 0 Å². The van der Waals surface area contributed by atoms with E-state index in [-0.39, 0.29) is 0 Å². The van der Waals surface area contributed by atoms with E-state index in [0.29, 0.717) is 6.04 Å². The Morgan fingerprint density at radius 3 is 2.76 bits per heavy atom. The third kappa shape index (κ3) is 3.67. The van der Waals surface area contributed by atoms with Gasteiger partial charge in [-0.2, -0.15) is 0 Å². The summed E-state index contributed by atoms with van der Waals surface area (Å²) in [6.07, 6.45) is 4.14. The van der Waals surface area contributed by atoms with E-state index in [1.54, 1.807) is 0 Å². The summed E-state index contributed by atoms with van der Waals surface area (Å²) in [6.45, 7) is 13.2. The van der Waals surface area contributed by atoms with Crippen LogP contribution in [0.2, 0.25) is 0 Å². The first-order valence-corrected chi connectivity index (χ1v) is 7.41. The van der Waals surface area contributed by atoms with Gasteiger partial charge in [-0.25, -0.2) is 0 Å². The van der Waals surface area contributed by atoms with Crippen molar-refractivity contribution in [2.45, 2.75) is 58.2 Å². The van der Waals surface area contributed by atoms with Crippen molar-refractivity contribution in [3.63, 3.8) is 0 Å². The molecule has 2 atom stereocenters. The minimum atomic E-state index is 0.624. The molecule has 0 radical (unpaired) electrons. The molecule has 100 valence electrons. The van der Waals surface area contributed by atoms with E-state index in [4.69, 9.17) is 0 Å².